The van der Waals surface area contributed by atoms with Crippen molar-refractivity contribution in [2.24, 2.45) is 0 Å². The zero-order chi connectivity index (χ0) is 14.6. The van der Waals surface area contributed by atoms with Crippen LogP contribution in [-0.4, -0.2) is 10.7 Å². The summed E-state index contributed by atoms with van der Waals surface area (Å²) in [4.78, 5) is 0. The van der Waals surface area contributed by atoms with Gasteiger partial charge in [-0.15, -0.1) is 0 Å². The monoisotopic (exact) mass is 462 g/mol. The molecule has 0 atom stereocenters. The first-order valence-electron chi connectivity index (χ1n) is 6.23. The third-order valence-corrected chi connectivity index (χ3v) is 6.36. The van der Waals surface area contributed by atoms with Gasteiger partial charge in [0.25, 0.3) is 0 Å². The molecular weight excluding hydrogens is 451 g/mol. The van der Waals surface area contributed by atoms with Gasteiger partial charge in [-0.2, -0.15) is 0 Å². The summed E-state index contributed by atoms with van der Waals surface area (Å²) in [6, 6.07) is 15.0. The van der Waals surface area contributed by atoms with Crippen LogP contribution in [0, 0.1) is 5.82 Å². The van der Waals surface area contributed by atoms with Gasteiger partial charge < -0.3 is 0 Å². The maximum atomic E-state index is 13.5. The van der Waals surface area contributed by atoms with Crippen LogP contribution in [0.4, 0.5) is 4.39 Å². The Balaban J connectivity index is 2.42. The Morgan fingerprint density at radius 2 is 1.65 bits per heavy atom. The van der Waals surface area contributed by atoms with E-state index in [1.807, 2.05) is 24.3 Å². The zero-order valence-electron chi connectivity index (χ0n) is 10.8. The Bertz CT molecular complexity index is 579. The SMILES string of the molecule is Fc1cccc(C(CBr)(CBr)Cc2ccccc2Br)c1. The average Bonchev–Trinajstić information content (AvgIpc) is 2.47. The lowest BCUT2D eigenvalue weighted by Gasteiger charge is -2.31. The van der Waals surface area contributed by atoms with E-state index >= 15 is 0 Å². The molecule has 0 aliphatic rings. The first-order chi connectivity index (χ1) is 9.61. The summed E-state index contributed by atoms with van der Waals surface area (Å²) >= 11 is 10.8. The van der Waals surface area contributed by atoms with Crippen molar-refractivity contribution >= 4 is 47.8 Å². The Hall–Kier alpha value is -0.190. The quantitative estimate of drug-likeness (QED) is 0.486. The average molecular weight is 465 g/mol. The molecule has 2 rings (SSSR count). The largest absolute Gasteiger partial charge is 0.207 e. The predicted molar refractivity (Wildman–Crippen MR) is 93.5 cm³/mol. The van der Waals surface area contributed by atoms with Crippen molar-refractivity contribution in [1.29, 1.82) is 0 Å². The fourth-order valence-electron chi connectivity index (χ4n) is 2.21. The topological polar surface area (TPSA) is 0 Å². The molecule has 0 fully saturated rings. The predicted octanol–water partition coefficient (Wildman–Crippen LogP) is 5.86. The summed E-state index contributed by atoms with van der Waals surface area (Å²) in [5.74, 6) is -0.194. The molecule has 20 heavy (non-hydrogen) atoms. The normalized spacial score (nSPS) is 11.6. The van der Waals surface area contributed by atoms with Gasteiger partial charge in [-0.1, -0.05) is 78.1 Å². The van der Waals surface area contributed by atoms with Crippen LogP contribution in [0.2, 0.25) is 0 Å². The van der Waals surface area contributed by atoms with E-state index in [0.29, 0.717) is 0 Å². The Morgan fingerprint density at radius 1 is 0.950 bits per heavy atom. The molecule has 0 aliphatic heterocycles. The van der Waals surface area contributed by atoms with Crippen molar-refractivity contribution in [2.45, 2.75) is 11.8 Å². The molecule has 106 valence electrons. The summed E-state index contributed by atoms with van der Waals surface area (Å²) in [5.41, 5.74) is 2.05. The summed E-state index contributed by atoms with van der Waals surface area (Å²) in [6.07, 6.45) is 0.828. The number of benzene rings is 2. The van der Waals surface area contributed by atoms with Gasteiger partial charge in [-0.3, -0.25) is 0 Å². The minimum absolute atomic E-state index is 0.175. The molecular formula is C16H14Br3F. The van der Waals surface area contributed by atoms with Crippen molar-refractivity contribution in [1.82, 2.24) is 0 Å². The van der Waals surface area contributed by atoms with E-state index in [2.05, 4.69) is 53.9 Å². The van der Waals surface area contributed by atoms with E-state index in [0.717, 1.165) is 27.1 Å². The summed E-state index contributed by atoms with van der Waals surface area (Å²) in [6.45, 7) is 0. The van der Waals surface area contributed by atoms with Crippen LogP contribution in [-0.2, 0) is 11.8 Å². The molecule has 4 heteroatoms. The summed E-state index contributed by atoms with van der Waals surface area (Å²) < 4.78 is 14.6. The molecule has 0 bridgehead atoms. The Labute approximate surface area is 144 Å². The molecule has 0 saturated heterocycles. The van der Waals surface area contributed by atoms with Gasteiger partial charge >= 0.3 is 0 Å². The highest BCUT2D eigenvalue weighted by Gasteiger charge is 2.31. The molecule has 0 N–H and O–H groups in total. The van der Waals surface area contributed by atoms with E-state index in [1.165, 1.54) is 11.6 Å². The number of hydrogen-bond acceptors (Lipinski definition) is 0. The number of rotatable bonds is 5. The van der Waals surface area contributed by atoms with Gasteiger partial charge in [-0.05, 0) is 35.7 Å². The Morgan fingerprint density at radius 3 is 2.25 bits per heavy atom. The lowest BCUT2D eigenvalue weighted by molar-refractivity contribution is 0.540. The molecule has 0 aliphatic carbocycles. The molecule has 0 spiro atoms. The second-order valence-corrected chi connectivity index (χ2v) is 6.80. The fourth-order valence-corrected chi connectivity index (χ4v) is 4.61. The van der Waals surface area contributed by atoms with Crippen LogP contribution in [0.15, 0.2) is 53.0 Å². The van der Waals surface area contributed by atoms with E-state index in [-0.39, 0.29) is 11.2 Å². The lowest BCUT2D eigenvalue weighted by atomic mass is 9.79. The second kappa shape index (κ2) is 7.19. The van der Waals surface area contributed by atoms with Crippen molar-refractivity contribution in [3.63, 3.8) is 0 Å². The van der Waals surface area contributed by atoms with Crippen LogP contribution in [0.25, 0.3) is 0 Å². The number of hydrogen-bond donors (Lipinski definition) is 0. The molecule has 0 amide bonds. The molecule has 0 aromatic heterocycles. The number of halogens is 4. The molecule has 0 radical (unpaired) electrons. The highest BCUT2D eigenvalue weighted by Crippen LogP contribution is 2.35. The van der Waals surface area contributed by atoms with Crippen LogP contribution in [0.1, 0.15) is 11.1 Å². The molecule has 0 unspecified atom stereocenters. The first-order valence-corrected chi connectivity index (χ1v) is 9.26. The third kappa shape index (κ3) is 3.52. The highest BCUT2D eigenvalue weighted by atomic mass is 79.9. The molecule has 0 heterocycles. The first kappa shape index (κ1) is 16.2. The second-order valence-electron chi connectivity index (χ2n) is 4.83. The van der Waals surface area contributed by atoms with E-state index < -0.39 is 0 Å². The lowest BCUT2D eigenvalue weighted by Crippen LogP contribution is -2.33. The van der Waals surface area contributed by atoms with Gasteiger partial charge in [0.15, 0.2) is 0 Å². The van der Waals surface area contributed by atoms with Gasteiger partial charge in [0.05, 0.1) is 0 Å². The standard InChI is InChI=1S/C16H14Br3F/c17-10-16(11-18,13-5-3-6-14(20)8-13)9-12-4-1-2-7-15(12)19/h1-8H,9-11H2. The van der Waals surface area contributed by atoms with Crippen molar-refractivity contribution in [2.75, 3.05) is 10.7 Å². The van der Waals surface area contributed by atoms with Gasteiger partial charge in [0.2, 0.25) is 0 Å². The molecule has 2 aromatic rings. The number of alkyl halides is 2. The van der Waals surface area contributed by atoms with E-state index in [9.17, 15) is 4.39 Å². The van der Waals surface area contributed by atoms with Crippen LogP contribution >= 0.6 is 47.8 Å². The zero-order valence-corrected chi connectivity index (χ0v) is 15.5. The third-order valence-electron chi connectivity index (χ3n) is 3.44. The molecule has 2 aromatic carbocycles. The van der Waals surface area contributed by atoms with Crippen LogP contribution < -0.4 is 0 Å². The molecule has 0 nitrogen and oxygen atoms in total. The highest BCUT2D eigenvalue weighted by molar-refractivity contribution is 9.10. The molecule has 0 saturated carbocycles. The maximum Gasteiger partial charge on any atom is 0.123 e. The summed E-state index contributed by atoms with van der Waals surface area (Å²) in [5, 5.41) is 1.52. The van der Waals surface area contributed by atoms with E-state index in [1.54, 1.807) is 12.1 Å². The van der Waals surface area contributed by atoms with Gasteiger partial charge in [-0.25, -0.2) is 4.39 Å². The minimum Gasteiger partial charge on any atom is -0.207 e. The van der Waals surface area contributed by atoms with E-state index in [4.69, 9.17) is 0 Å². The van der Waals surface area contributed by atoms with Gasteiger partial charge in [0, 0.05) is 20.5 Å². The van der Waals surface area contributed by atoms with Gasteiger partial charge in [0.1, 0.15) is 5.82 Å². The van der Waals surface area contributed by atoms with Crippen molar-refractivity contribution < 1.29 is 4.39 Å². The maximum absolute atomic E-state index is 13.5. The minimum atomic E-state index is -0.194. The van der Waals surface area contributed by atoms with Crippen molar-refractivity contribution in [3.05, 3.63) is 69.9 Å². The Kier molecular flexibility index (Phi) is 5.82. The summed E-state index contributed by atoms with van der Waals surface area (Å²) in [7, 11) is 0. The van der Waals surface area contributed by atoms with Crippen LogP contribution in [0.5, 0.6) is 0 Å². The smallest absolute Gasteiger partial charge is 0.123 e. The van der Waals surface area contributed by atoms with Crippen LogP contribution in [0.3, 0.4) is 0 Å². The fraction of sp³-hybridized carbons (Fsp3) is 0.250. The van der Waals surface area contributed by atoms with Crippen molar-refractivity contribution in [3.8, 4) is 0 Å².